The van der Waals surface area contributed by atoms with E-state index in [1.807, 2.05) is 0 Å². The van der Waals surface area contributed by atoms with Crippen molar-refractivity contribution in [2.24, 2.45) is 0 Å². The molecule has 0 aliphatic heterocycles. The predicted octanol–water partition coefficient (Wildman–Crippen LogP) is 2.93. The molecule has 2 aromatic carbocycles. The van der Waals surface area contributed by atoms with E-state index in [2.05, 4.69) is 10.3 Å². The zero-order chi connectivity index (χ0) is 23.3. The van der Waals surface area contributed by atoms with Gasteiger partial charge in [-0.3, -0.25) is 14.4 Å². The third-order valence-electron chi connectivity index (χ3n) is 4.95. The molecular weight excluding hydrogens is 436 g/mol. The van der Waals surface area contributed by atoms with E-state index in [9.17, 15) is 24.3 Å². The number of H-pyrrole nitrogens is 1. The standard InChI is InChI=1S/C23H21ClN2O6/c1-2-32-20(28)13-23(22(30)31,26-21(29)14-7-9-16(24)10-8-14)12-15-11-19(27)25-18-6-4-3-5-17(15)18/h3-11H,2,12-13H2,1H3,(H,25,27)(H,26,29)(H,30,31). The quantitative estimate of drug-likeness (QED) is 0.447. The molecule has 3 rings (SSSR count). The fraction of sp³-hybridized carbons (Fsp3) is 0.217. The third kappa shape index (κ3) is 5.15. The third-order valence-corrected chi connectivity index (χ3v) is 5.20. The molecular formula is C23H21ClN2O6. The topological polar surface area (TPSA) is 126 Å². The Kier molecular flexibility index (Phi) is 6.95. The molecule has 1 aromatic heterocycles. The van der Waals surface area contributed by atoms with Crippen LogP contribution in [-0.2, 0) is 20.7 Å². The fourth-order valence-electron chi connectivity index (χ4n) is 3.45. The van der Waals surface area contributed by atoms with Crippen molar-refractivity contribution in [3.8, 4) is 0 Å². The number of rotatable bonds is 8. The van der Waals surface area contributed by atoms with Gasteiger partial charge in [0.1, 0.15) is 0 Å². The SMILES string of the molecule is CCOC(=O)CC(Cc1cc(=O)[nH]c2ccccc12)(NC(=O)c1ccc(Cl)cc1)C(=O)O. The van der Waals surface area contributed by atoms with Gasteiger partial charge in [-0.15, -0.1) is 0 Å². The number of pyridine rings is 1. The number of amides is 1. The van der Waals surface area contributed by atoms with Crippen molar-refractivity contribution in [1.82, 2.24) is 10.3 Å². The minimum absolute atomic E-state index is 0.0492. The summed E-state index contributed by atoms with van der Waals surface area (Å²) in [6.07, 6.45) is -0.943. The van der Waals surface area contributed by atoms with Crippen molar-refractivity contribution in [2.75, 3.05) is 6.61 Å². The van der Waals surface area contributed by atoms with Gasteiger partial charge in [0.2, 0.25) is 5.56 Å². The molecule has 3 N–H and O–H groups in total. The molecule has 0 saturated heterocycles. The van der Waals surface area contributed by atoms with Crippen molar-refractivity contribution < 1.29 is 24.2 Å². The van der Waals surface area contributed by atoms with E-state index in [4.69, 9.17) is 16.3 Å². The Morgan fingerprint density at radius 2 is 1.81 bits per heavy atom. The Bertz CT molecular complexity index is 1220. The number of benzene rings is 2. The summed E-state index contributed by atoms with van der Waals surface area (Å²) in [7, 11) is 0. The van der Waals surface area contributed by atoms with E-state index in [1.54, 1.807) is 31.2 Å². The first kappa shape index (κ1) is 23.0. The number of carboxylic acid groups (broad SMARTS) is 1. The molecule has 0 aliphatic carbocycles. The Morgan fingerprint density at radius 1 is 1.12 bits per heavy atom. The Hall–Kier alpha value is -3.65. The van der Waals surface area contributed by atoms with Crippen LogP contribution >= 0.6 is 11.6 Å². The van der Waals surface area contributed by atoms with Gasteiger partial charge >= 0.3 is 11.9 Å². The molecule has 1 atom stereocenters. The molecule has 1 heterocycles. The Labute approximate surface area is 188 Å². The molecule has 32 heavy (non-hydrogen) atoms. The second kappa shape index (κ2) is 9.65. The zero-order valence-electron chi connectivity index (χ0n) is 17.2. The second-order valence-corrected chi connectivity index (χ2v) is 7.65. The molecule has 0 spiro atoms. The number of carbonyl (C=O) groups excluding carboxylic acids is 2. The van der Waals surface area contributed by atoms with Crippen LogP contribution in [0.2, 0.25) is 5.02 Å². The highest BCUT2D eigenvalue weighted by molar-refractivity contribution is 6.30. The smallest absolute Gasteiger partial charge is 0.330 e. The lowest BCUT2D eigenvalue weighted by Crippen LogP contribution is -2.57. The number of hydrogen-bond acceptors (Lipinski definition) is 5. The van der Waals surface area contributed by atoms with E-state index in [0.717, 1.165) is 0 Å². The number of ether oxygens (including phenoxy) is 1. The number of para-hydroxylation sites is 1. The van der Waals surface area contributed by atoms with Crippen LogP contribution in [0.25, 0.3) is 10.9 Å². The average molecular weight is 457 g/mol. The molecule has 3 aromatic rings. The number of aromatic amines is 1. The molecule has 0 saturated carbocycles. The maximum atomic E-state index is 12.9. The van der Waals surface area contributed by atoms with Gasteiger partial charge in [-0.2, -0.15) is 0 Å². The minimum atomic E-state index is -2.06. The van der Waals surface area contributed by atoms with E-state index in [-0.39, 0.29) is 18.6 Å². The summed E-state index contributed by atoms with van der Waals surface area (Å²) in [6.45, 7) is 1.64. The van der Waals surface area contributed by atoms with Crippen LogP contribution in [0.5, 0.6) is 0 Å². The molecule has 1 amide bonds. The normalized spacial score (nSPS) is 12.7. The summed E-state index contributed by atoms with van der Waals surface area (Å²) in [5.74, 6) is -2.93. The van der Waals surface area contributed by atoms with Gasteiger partial charge in [-0.05, 0) is 42.8 Å². The van der Waals surface area contributed by atoms with Gasteiger partial charge in [-0.1, -0.05) is 29.8 Å². The average Bonchev–Trinajstić information content (AvgIpc) is 2.74. The maximum Gasteiger partial charge on any atom is 0.330 e. The molecule has 0 bridgehead atoms. The van der Waals surface area contributed by atoms with Crippen molar-refractivity contribution in [2.45, 2.75) is 25.3 Å². The molecule has 166 valence electrons. The zero-order valence-corrected chi connectivity index (χ0v) is 17.9. The number of carbonyl (C=O) groups is 3. The van der Waals surface area contributed by atoms with E-state index in [1.165, 1.54) is 30.3 Å². The molecule has 0 aliphatic rings. The molecule has 1 unspecified atom stereocenters. The summed E-state index contributed by atoms with van der Waals surface area (Å²) in [5.41, 5.74) is -1.45. The highest BCUT2D eigenvalue weighted by Crippen LogP contribution is 2.25. The maximum absolute atomic E-state index is 12.9. The molecule has 8 nitrogen and oxygen atoms in total. The molecule has 0 radical (unpaired) electrons. The van der Waals surface area contributed by atoms with Crippen molar-refractivity contribution in [1.29, 1.82) is 0 Å². The van der Waals surface area contributed by atoms with Crippen LogP contribution in [0.3, 0.4) is 0 Å². The molecule has 0 fully saturated rings. The summed E-state index contributed by atoms with van der Waals surface area (Å²) < 4.78 is 4.96. The predicted molar refractivity (Wildman–Crippen MR) is 119 cm³/mol. The van der Waals surface area contributed by atoms with Crippen molar-refractivity contribution in [3.05, 3.63) is 81.1 Å². The first-order valence-electron chi connectivity index (χ1n) is 9.82. The lowest BCUT2D eigenvalue weighted by Gasteiger charge is -2.30. The van der Waals surface area contributed by atoms with Gasteiger partial charge in [0.05, 0.1) is 13.0 Å². The van der Waals surface area contributed by atoms with Gasteiger partial charge in [0.15, 0.2) is 5.54 Å². The van der Waals surface area contributed by atoms with Gasteiger partial charge < -0.3 is 20.1 Å². The van der Waals surface area contributed by atoms with E-state index < -0.39 is 35.4 Å². The van der Waals surface area contributed by atoms with Crippen LogP contribution < -0.4 is 10.9 Å². The number of aliphatic carboxylic acids is 1. The van der Waals surface area contributed by atoms with Crippen LogP contribution in [0, 0.1) is 0 Å². The lowest BCUT2D eigenvalue weighted by molar-refractivity contribution is -0.153. The van der Waals surface area contributed by atoms with E-state index >= 15 is 0 Å². The van der Waals surface area contributed by atoms with Gasteiger partial charge in [0, 0.05) is 34.0 Å². The second-order valence-electron chi connectivity index (χ2n) is 7.21. The summed E-state index contributed by atoms with van der Waals surface area (Å²) in [4.78, 5) is 52.6. The van der Waals surface area contributed by atoms with Crippen molar-refractivity contribution >= 4 is 40.3 Å². The number of halogens is 1. The van der Waals surface area contributed by atoms with Crippen LogP contribution in [0.15, 0.2) is 59.4 Å². The molecule has 9 heteroatoms. The van der Waals surface area contributed by atoms with E-state index in [0.29, 0.717) is 21.5 Å². The first-order valence-corrected chi connectivity index (χ1v) is 10.2. The summed E-state index contributed by atoms with van der Waals surface area (Å²) in [5, 5.41) is 13.7. The number of hydrogen-bond donors (Lipinski definition) is 3. The fourth-order valence-corrected chi connectivity index (χ4v) is 3.58. The number of aromatic nitrogens is 1. The number of esters is 1. The highest BCUT2D eigenvalue weighted by Gasteiger charge is 2.43. The van der Waals surface area contributed by atoms with Crippen LogP contribution in [0.1, 0.15) is 29.3 Å². The lowest BCUT2D eigenvalue weighted by atomic mass is 9.85. The van der Waals surface area contributed by atoms with Crippen molar-refractivity contribution in [3.63, 3.8) is 0 Å². The Balaban J connectivity index is 2.08. The first-order chi connectivity index (χ1) is 15.2. The number of nitrogens with one attached hydrogen (secondary N) is 2. The number of carboxylic acids is 1. The van der Waals surface area contributed by atoms with Gasteiger partial charge in [0.25, 0.3) is 5.91 Å². The Morgan fingerprint density at radius 3 is 2.47 bits per heavy atom. The number of fused-ring (bicyclic) bond motifs is 1. The minimum Gasteiger partial charge on any atom is -0.479 e. The monoisotopic (exact) mass is 456 g/mol. The summed E-state index contributed by atoms with van der Waals surface area (Å²) >= 11 is 5.86. The van der Waals surface area contributed by atoms with Gasteiger partial charge in [-0.25, -0.2) is 4.79 Å². The summed E-state index contributed by atoms with van der Waals surface area (Å²) in [6, 6.07) is 14.0. The van der Waals surface area contributed by atoms with Crippen LogP contribution in [-0.4, -0.2) is 40.1 Å². The largest absolute Gasteiger partial charge is 0.479 e. The highest BCUT2D eigenvalue weighted by atomic mass is 35.5. The van der Waals surface area contributed by atoms with Crippen LogP contribution in [0.4, 0.5) is 0 Å².